The van der Waals surface area contributed by atoms with E-state index in [4.69, 9.17) is 9.84 Å². The Balaban J connectivity index is 3.23. The third-order valence-corrected chi connectivity index (χ3v) is 2.49. The number of nitrogens with one attached hydrogen (secondary N) is 2. The number of amides is 2. The van der Waals surface area contributed by atoms with Crippen molar-refractivity contribution >= 4 is 23.8 Å². The Morgan fingerprint density at radius 2 is 2.06 bits per heavy atom. The Labute approximate surface area is 105 Å². The highest BCUT2D eigenvalue weighted by Gasteiger charge is 1.99. The van der Waals surface area contributed by atoms with Crippen molar-refractivity contribution in [3.8, 4) is 0 Å². The van der Waals surface area contributed by atoms with Gasteiger partial charge >= 0.3 is 12.0 Å². The molecule has 0 aliphatic rings. The molecule has 0 aromatic rings. The number of hydrogen-bond donors (Lipinski definition) is 3. The summed E-state index contributed by atoms with van der Waals surface area (Å²) < 4.78 is 4.75. The monoisotopic (exact) mass is 262 g/mol. The molecular weight excluding hydrogens is 244 g/mol. The molecular formula is C10H18N2O4S. The van der Waals surface area contributed by atoms with Crippen LogP contribution in [-0.2, 0) is 9.53 Å². The van der Waals surface area contributed by atoms with Crippen molar-refractivity contribution in [1.29, 1.82) is 0 Å². The van der Waals surface area contributed by atoms with Crippen LogP contribution >= 0.6 is 11.8 Å². The average Bonchev–Trinajstić information content (AvgIpc) is 2.28. The minimum absolute atomic E-state index is 0.185. The fourth-order valence-electron chi connectivity index (χ4n) is 0.862. The second kappa shape index (κ2) is 11.3. The third kappa shape index (κ3) is 12.7. The van der Waals surface area contributed by atoms with E-state index in [2.05, 4.69) is 17.2 Å². The number of thioether (sulfide) groups is 1. The van der Waals surface area contributed by atoms with Gasteiger partial charge in [-0.25, -0.2) is 9.59 Å². The molecule has 0 aliphatic carbocycles. The van der Waals surface area contributed by atoms with Crippen molar-refractivity contribution < 1.29 is 19.4 Å². The molecule has 6 nitrogen and oxygen atoms in total. The molecule has 0 radical (unpaired) electrons. The predicted molar refractivity (Wildman–Crippen MR) is 67.4 cm³/mol. The van der Waals surface area contributed by atoms with Gasteiger partial charge in [0.25, 0.3) is 0 Å². The fraction of sp³-hybridized carbons (Fsp3) is 0.600. The Morgan fingerprint density at radius 3 is 2.71 bits per heavy atom. The van der Waals surface area contributed by atoms with Crippen LogP contribution in [0.4, 0.5) is 4.79 Å². The molecule has 98 valence electrons. The maximum atomic E-state index is 11.1. The van der Waals surface area contributed by atoms with Crippen LogP contribution in [0, 0.1) is 0 Å². The summed E-state index contributed by atoms with van der Waals surface area (Å²) >= 11 is 1.68. The van der Waals surface area contributed by atoms with Gasteiger partial charge in [-0.3, -0.25) is 0 Å². The van der Waals surface area contributed by atoms with Crippen LogP contribution in [0.5, 0.6) is 0 Å². The lowest BCUT2D eigenvalue weighted by Crippen LogP contribution is -2.38. The lowest BCUT2D eigenvalue weighted by molar-refractivity contribution is -0.142. The maximum absolute atomic E-state index is 11.1. The van der Waals surface area contributed by atoms with Gasteiger partial charge in [-0.2, -0.15) is 11.8 Å². The SMILES string of the molecule is C=CCSCCNC(=O)NCCOCC(=O)O. The van der Waals surface area contributed by atoms with Gasteiger partial charge in [-0.05, 0) is 0 Å². The first-order chi connectivity index (χ1) is 8.16. The van der Waals surface area contributed by atoms with E-state index in [0.717, 1.165) is 11.5 Å². The van der Waals surface area contributed by atoms with Gasteiger partial charge in [0.15, 0.2) is 0 Å². The summed E-state index contributed by atoms with van der Waals surface area (Å²) in [6.07, 6.45) is 1.81. The largest absolute Gasteiger partial charge is 0.480 e. The second-order valence-corrected chi connectivity index (χ2v) is 4.14. The fourth-order valence-corrected chi connectivity index (χ4v) is 1.44. The maximum Gasteiger partial charge on any atom is 0.329 e. The summed E-state index contributed by atoms with van der Waals surface area (Å²) in [4.78, 5) is 21.2. The molecule has 7 heteroatoms. The highest BCUT2D eigenvalue weighted by Crippen LogP contribution is 1.96. The van der Waals surface area contributed by atoms with Crippen LogP contribution in [0.15, 0.2) is 12.7 Å². The molecule has 2 amide bonds. The molecule has 0 unspecified atom stereocenters. The van der Waals surface area contributed by atoms with E-state index in [1.165, 1.54) is 0 Å². The number of ether oxygens (including phenoxy) is 1. The highest BCUT2D eigenvalue weighted by molar-refractivity contribution is 7.99. The zero-order valence-electron chi connectivity index (χ0n) is 9.61. The number of carbonyl (C=O) groups is 2. The first-order valence-electron chi connectivity index (χ1n) is 5.16. The van der Waals surface area contributed by atoms with Crippen LogP contribution in [0.3, 0.4) is 0 Å². The predicted octanol–water partition coefficient (Wildman–Crippen LogP) is 0.306. The molecule has 17 heavy (non-hydrogen) atoms. The number of carboxylic acid groups (broad SMARTS) is 1. The normalized spacial score (nSPS) is 9.65. The number of aliphatic carboxylic acids is 1. The van der Waals surface area contributed by atoms with E-state index in [0.29, 0.717) is 13.1 Å². The van der Waals surface area contributed by atoms with E-state index in [-0.39, 0.29) is 19.2 Å². The Morgan fingerprint density at radius 1 is 1.35 bits per heavy atom. The van der Waals surface area contributed by atoms with E-state index in [1.807, 2.05) is 6.08 Å². The van der Waals surface area contributed by atoms with Gasteiger partial charge in [-0.15, -0.1) is 6.58 Å². The molecule has 0 spiro atoms. The van der Waals surface area contributed by atoms with Crippen molar-refractivity contribution in [1.82, 2.24) is 10.6 Å². The van der Waals surface area contributed by atoms with Crippen molar-refractivity contribution in [3.63, 3.8) is 0 Å². The van der Waals surface area contributed by atoms with Gasteiger partial charge < -0.3 is 20.5 Å². The van der Waals surface area contributed by atoms with Gasteiger partial charge in [0, 0.05) is 24.6 Å². The van der Waals surface area contributed by atoms with Crippen LogP contribution in [0.2, 0.25) is 0 Å². The summed E-state index contributed by atoms with van der Waals surface area (Å²) in [6.45, 7) is 4.30. The molecule has 0 fully saturated rings. The average molecular weight is 262 g/mol. The smallest absolute Gasteiger partial charge is 0.329 e. The lowest BCUT2D eigenvalue weighted by atomic mass is 10.6. The molecule has 0 aliphatic heterocycles. The Kier molecular flexibility index (Phi) is 10.5. The van der Waals surface area contributed by atoms with Crippen LogP contribution in [0.1, 0.15) is 0 Å². The van der Waals surface area contributed by atoms with E-state index in [9.17, 15) is 9.59 Å². The molecule has 0 bridgehead atoms. The van der Waals surface area contributed by atoms with Crippen molar-refractivity contribution in [2.45, 2.75) is 0 Å². The Bertz CT molecular complexity index is 248. The molecule has 0 aromatic heterocycles. The number of carboxylic acids is 1. The molecule has 3 N–H and O–H groups in total. The first-order valence-corrected chi connectivity index (χ1v) is 6.32. The molecule has 0 saturated heterocycles. The molecule has 0 rings (SSSR count). The topological polar surface area (TPSA) is 87.7 Å². The summed E-state index contributed by atoms with van der Waals surface area (Å²) in [5.74, 6) is 0.676. The minimum atomic E-state index is -1.02. The summed E-state index contributed by atoms with van der Waals surface area (Å²) in [6, 6.07) is -0.275. The zero-order valence-corrected chi connectivity index (χ0v) is 10.4. The zero-order chi connectivity index (χ0) is 12.9. The molecule has 0 saturated carbocycles. The second-order valence-electron chi connectivity index (χ2n) is 2.99. The van der Waals surface area contributed by atoms with Gasteiger partial charge in [0.1, 0.15) is 6.61 Å². The van der Waals surface area contributed by atoms with Gasteiger partial charge in [0.2, 0.25) is 0 Å². The number of rotatable bonds is 10. The molecule has 0 atom stereocenters. The first kappa shape index (κ1) is 15.8. The highest BCUT2D eigenvalue weighted by atomic mass is 32.2. The van der Waals surface area contributed by atoms with Crippen LogP contribution in [0.25, 0.3) is 0 Å². The number of urea groups is 1. The van der Waals surface area contributed by atoms with E-state index in [1.54, 1.807) is 11.8 Å². The third-order valence-electron chi connectivity index (χ3n) is 1.53. The standard InChI is InChI=1S/C10H18N2O4S/c1-2-6-17-7-4-12-10(15)11-3-5-16-8-9(13)14/h2H,1,3-8H2,(H,13,14)(H2,11,12,15). The summed E-state index contributed by atoms with van der Waals surface area (Å²) in [5.41, 5.74) is 0. The van der Waals surface area contributed by atoms with Crippen molar-refractivity contribution in [2.75, 3.05) is 37.8 Å². The van der Waals surface area contributed by atoms with E-state index < -0.39 is 5.97 Å². The van der Waals surface area contributed by atoms with Crippen LogP contribution in [-0.4, -0.2) is 54.9 Å². The number of carbonyl (C=O) groups excluding carboxylic acids is 1. The number of hydrogen-bond acceptors (Lipinski definition) is 4. The summed E-state index contributed by atoms with van der Waals surface area (Å²) in [7, 11) is 0. The van der Waals surface area contributed by atoms with Crippen molar-refractivity contribution in [3.05, 3.63) is 12.7 Å². The van der Waals surface area contributed by atoms with Gasteiger partial charge in [-0.1, -0.05) is 6.08 Å². The molecule has 0 heterocycles. The molecule has 0 aromatic carbocycles. The lowest BCUT2D eigenvalue weighted by Gasteiger charge is -2.06. The quantitative estimate of drug-likeness (QED) is 0.389. The van der Waals surface area contributed by atoms with E-state index >= 15 is 0 Å². The van der Waals surface area contributed by atoms with Gasteiger partial charge in [0.05, 0.1) is 6.61 Å². The Hall–Kier alpha value is -1.21. The van der Waals surface area contributed by atoms with Crippen molar-refractivity contribution in [2.24, 2.45) is 0 Å². The van der Waals surface area contributed by atoms with Crippen LogP contribution < -0.4 is 10.6 Å². The summed E-state index contributed by atoms with van der Waals surface area (Å²) in [5, 5.41) is 13.5. The minimum Gasteiger partial charge on any atom is -0.480 e.